The fourth-order valence-corrected chi connectivity index (χ4v) is 1.14. The molecule has 1 aliphatic rings. The molecule has 0 saturated carbocycles. The average Bonchev–Trinajstić information content (AvgIpc) is 2.13. The number of aldehydes is 1. The molecule has 0 heterocycles. The van der Waals surface area contributed by atoms with Crippen LogP contribution in [0.3, 0.4) is 0 Å². The first-order valence-corrected chi connectivity index (χ1v) is 3.54. The number of carbonyl (C=O) groups excluding carboxylic acids is 1. The smallest absolute Gasteiger partial charge is 0.123 e. The molecule has 1 aliphatic carbocycles. The van der Waals surface area contributed by atoms with Gasteiger partial charge in [0, 0.05) is 5.92 Å². The topological polar surface area (TPSA) is 17.1 Å². The summed E-state index contributed by atoms with van der Waals surface area (Å²) in [5, 5.41) is 0. The fraction of sp³-hybridized carbons (Fsp3) is 0.625. The van der Waals surface area contributed by atoms with E-state index >= 15 is 0 Å². The Labute approximate surface area is 55.8 Å². The maximum absolute atomic E-state index is 10.3. The molecule has 50 valence electrons. The Balaban J connectivity index is 2.34. The zero-order valence-corrected chi connectivity index (χ0v) is 5.55. The third-order valence-electron chi connectivity index (χ3n) is 1.77. The molecule has 1 rings (SSSR count). The lowest BCUT2D eigenvalue weighted by Crippen LogP contribution is -1.98. The molecule has 9 heavy (non-hydrogen) atoms. The van der Waals surface area contributed by atoms with Gasteiger partial charge in [-0.05, 0) is 25.7 Å². The number of hydrogen-bond donors (Lipinski definition) is 0. The molecule has 0 aromatic rings. The van der Waals surface area contributed by atoms with Crippen molar-refractivity contribution in [3.8, 4) is 0 Å². The van der Waals surface area contributed by atoms with E-state index in [2.05, 4.69) is 12.2 Å². The SMILES string of the molecule is O=CC1CCC=CCC1. The van der Waals surface area contributed by atoms with E-state index in [4.69, 9.17) is 0 Å². The average molecular weight is 124 g/mol. The molecule has 0 saturated heterocycles. The number of hydrogen-bond acceptors (Lipinski definition) is 1. The second kappa shape index (κ2) is 3.44. The van der Waals surface area contributed by atoms with Crippen molar-refractivity contribution < 1.29 is 4.79 Å². The van der Waals surface area contributed by atoms with Crippen LogP contribution in [0.5, 0.6) is 0 Å². The van der Waals surface area contributed by atoms with Crippen molar-refractivity contribution >= 4 is 6.29 Å². The van der Waals surface area contributed by atoms with Crippen LogP contribution in [-0.4, -0.2) is 6.29 Å². The third-order valence-corrected chi connectivity index (χ3v) is 1.77. The highest BCUT2D eigenvalue weighted by Gasteiger charge is 2.06. The molecule has 0 radical (unpaired) electrons. The molecule has 0 atom stereocenters. The van der Waals surface area contributed by atoms with Crippen LogP contribution in [0.25, 0.3) is 0 Å². The molecule has 0 unspecified atom stereocenters. The fourth-order valence-electron chi connectivity index (χ4n) is 1.14. The minimum absolute atomic E-state index is 0.333. The summed E-state index contributed by atoms with van der Waals surface area (Å²) in [6.07, 6.45) is 9.72. The lowest BCUT2D eigenvalue weighted by molar-refractivity contribution is -0.111. The van der Waals surface area contributed by atoms with E-state index in [1.807, 2.05) is 0 Å². The highest BCUT2D eigenvalue weighted by atomic mass is 16.1. The predicted molar refractivity (Wildman–Crippen MR) is 37.2 cm³/mol. The Morgan fingerprint density at radius 3 is 2.22 bits per heavy atom. The van der Waals surface area contributed by atoms with Gasteiger partial charge in [-0.2, -0.15) is 0 Å². The van der Waals surface area contributed by atoms with Crippen molar-refractivity contribution in [3.63, 3.8) is 0 Å². The van der Waals surface area contributed by atoms with Crippen molar-refractivity contribution in [3.05, 3.63) is 12.2 Å². The molecule has 0 amide bonds. The molecular formula is C8H12O. The van der Waals surface area contributed by atoms with Crippen LogP contribution < -0.4 is 0 Å². The second-order valence-electron chi connectivity index (χ2n) is 2.52. The summed E-state index contributed by atoms with van der Waals surface area (Å²) in [7, 11) is 0. The molecule has 0 spiro atoms. The van der Waals surface area contributed by atoms with E-state index in [1.165, 1.54) is 0 Å². The zero-order valence-electron chi connectivity index (χ0n) is 5.55. The lowest BCUT2D eigenvalue weighted by atomic mass is 10.0. The molecule has 1 nitrogen and oxygen atoms in total. The summed E-state index contributed by atoms with van der Waals surface area (Å²) in [5.74, 6) is 0.333. The largest absolute Gasteiger partial charge is 0.303 e. The van der Waals surface area contributed by atoms with E-state index in [-0.39, 0.29) is 0 Å². The Kier molecular flexibility index (Phi) is 2.49. The van der Waals surface area contributed by atoms with Crippen molar-refractivity contribution in [1.82, 2.24) is 0 Å². The van der Waals surface area contributed by atoms with Crippen LogP contribution in [-0.2, 0) is 4.79 Å². The van der Waals surface area contributed by atoms with Crippen molar-refractivity contribution in [2.75, 3.05) is 0 Å². The van der Waals surface area contributed by atoms with E-state index in [9.17, 15) is 4.79 Å². The van der Waals surface area contributed by atoms with Gasteiger partial charge in [-0.25, -0.2) is 0 Å². The van der Waals surface area contributed by atoms with Crippen LogP contribution in [0, 0.1) is 5.92 Å². The van der Waals surface area contributed by atoms with Crippen molar-refractivity contribution in [1.29, 1.82) is 0 Å². The Bertz CT molecular complexity index is 106. The molecular weight excluding hydrogens is 112 g/mol. The zero-order chi connectivity index (χ0) is 6.53. The predicted octanol–water partition coefficient (Wildman–Crippen LogP) is 1.93. The van der Waals surface area contributed by atoms with E-state index in [0.717, 1.165) is 32.0 Å². The molecule has 0 fully saturated rings. The molecule has 0 bridgehead atoms. The number of allylic oxidation sites excluding steroid dienone is 2. The van der Waals surface area contributed by atoms with E-state index in [0.29, 0.717) is 5.92 Å². The number of carbonyl (C=O) groups is 1. The lowest BCUT2D eigenvalue weighted by Gasteiger charge is -2.01. The number of rotatable bonds is 1. The Hall–Kier alpha value is -0.590. The van der Waals surface area contributed by atoms with Gasteiger partial charge >= 0.3 is 0 Å². The summed E-state index contributed by atoms with van der Waals surface area (Å²) < 4.78 is 0. The maximum atomic E-state index is 10.3. The summed E-state index contributed by atoms with van der Waals surface area (Å²) in [4.78, 5) is 10.3. The van der Waals surface area contributed by atoms with Crippen LogP contribution >= 0.6 is 0 Å². The molecule has 0 aliphatic heterocycles. The second-order valence-corrected chi connectivity index (χ2v) is 2.52. The van der Waals surface area contributed by atoms with Crippen LogP contribution in [0.2, 0.25) is 0 Å². The van der Waals surface area contributed by atoms with E-state index in [1.54, 1.807) is 0 Å². The van der Waals surface area contributed by atoms with Crippen LogP contribution in [0.4, 0.5) is 0 Å². The van der Waals surface area contributed by atoms with E-state index < -0.39 is 0 Å². The molecule has 1 heteroatoms. The molecule has 0 N–H and O–H groups in total. The Morgan fingerprint density at radius 1 is 1.22 bits per heavy atom. The molecule has 0 aromatic heterocycles. The van der Waals surface area contributed by atoms with Crippen molar-refractivity contribution in [2.45, 2.75) is 25.7 Å². The minimum atomic E-state index is 0.333. The maximum Gasteiger partial charge on any atom is 0.123 e. The van der Waals surface area contributed by atoms with Gasteiger partial charge in [-0.3, -0.25) is 0 Å². The van der Waals surface area contributed by atoms with Gasteiger partial charge in [-0.1, -0.05) is 12.2 Å². The summed E-state index contributed by atoms with van der Waals surface area (Å²) in [6.45, 7) is 0. The highest BCUT2D eigenvalue weighted by molar-refractivity contribution is 5.53. The first kappa shape index (κ1) is 6.53. The van der Waals surface area contributed by atoms with Gasteiger partial charge in [0.2, 0.25) is 0 Å². The van der Waals surface area contributed by atoms with Crippen LogP contribution in [0.15, 0.2) is 12.2 Å². The summed E-state index contributed by atoms with van der Waals surface area (Å²) in [5.41, 5.74) is 0. The van der Waals surface area contributed by atoms with Gasteiger partial charge in [-0.15, -0.1) is 0 Å². The van der Waals surface area contributed by atoms with Gasteiger partial charge in [0.15, 0.2) is 0 Å². The third kappa shape index (κ3) is 2.00. The first-order valence-electron chi connectivity index (χ1n) is 3.54. The van der Waals surface area contributed by atoms with Gasteiger partial charge in [0.05, 0.1) is 0 Å². The normalized spacial score (nSPS) is 21.3. The summed E-state index contributed by atoms with van der Waals surface area (Å²) >= 11 is 0. The first-order chi connectivity index (χ1) is 4.43. The van der Waals surface area contributed by atoms with Crippen LogP contribution in [0.1, 0.15) is 25.7 Å². The van der Waals surface area contributed by atoms with Gasteiger partial charge in [0.1, 0.15) is 6.29 Å². The summed E-state index contributed by atoms with van der Waals surface area (Å²) in [6, 6.07) is 0. The van der Waals surface area contributed by atoms with Gasteiger partial charge < -0.3 is 4.79 Å². The Morgan fingerprint density at radius 2 is 1.78 bits per heavy atom. The quantitative estimate of drug-likeness (QED) is 0.385. The molecule has 0 aromatic carbocycles. The van der Waals surface area contributed by atoms with Gasteiger partial charge in [0.25, 0.3) is 0 Å². The monoisotopic (exact) mass is 124 g/mol. The standard InChI is InChI=1S/C8H12O/c9-7-8-5-3-1-2-4-6-8/h1-2,7-8H,3-6H2. The minimum Gasteiger partial charge on any atom is -0.303 e. The van der Waals surface area contributed by atoms with Crippen molar-refractivity contribution in [2.24, 2.45) is 5.92 Å². The highest BCUT2D eigenvalue weighted by Crippen LogP contribution is 2.15.